The van der Waals surface area contributed by atoms with Crippen molar-refractivity contribution in [1.82, 2.24) is 5.32 Å². The molecule has 2 heteroatoms. The molecule has 3 fully saturated rings. The molecule has 0 spiro atoms. The number of fused-ring (bicyclic) bond motifs is 2. The normalized spacial score (nSPS) is 39.1. The van der Waals surface area contributed by atoms with E-state index in [0.29, 0.717) is 0 Å². The average molecular weight is 278 g/mol. The lowest BCUT2D eigenvalue weighted by atomic mass is 9.68. The number of hydrogen-bond acceptors (Lipinski definition) is 1. The number of hydrogen-bond donors (Lipinski definition) is 1. The van der Waals surface area contributed by atoms with Gasteiger partial charge in [-0.2, -0.15) is 0 Å². The van der Waals surface area contributed by atoms with Crippen LogP contribution in [0.4, 0.5) is 0 Å². The maximum Gasteiger partial charge on any atom is 0.0208 e. The van der Waals surface area contributed by atoms with Crippen LogP contribution < -0.4 is 5.32 Å². The highest BCUT2D eigenvalue weighted by Gasteiger charge is 2.49. The first kappa shape index (κ1) is 13.5. The van der Waals surface area contributed by atoms with E-state index >= 15 is 0 Å². The fourth-order valence-electron chi connectivity index (χ4n) is 5.04. The highest BCUT2D eigenvalue weighted by Crippen LogP contribution is 2.55. The minimum Gasteiger partial charge on any atom is -0.309 e. The SMILES string of the molecule is Cl.c1ccc(CNC2C3CCC4CC(C3)CC42)cc1. The van der Waals surface area contributed by atoms with Crippen molar-refractivity contribution in [3.05, 3.63) is 35.9 Å². The summed E-state index contributed by atoms with van der Waals surface area (Å²) in [7, 11) is 0. The van der Waals surface area contributed by atoms with Gasteiger partial charge in [0.1, 0.15) is 0 Å². The molecular weight excluding hydrogens is 254 g/mol. The van der Waals surface area contributed by atoms with E-state index < -0.39 is 0 Å². The summed E-state index contributed by atoms with van der Waals surface area (Å²) in [5.74, 6) is 4.13. The second kappa shape index (κ2) is 5.46. The van der Waals surface area contributed by atoms with E-state index in [2.05, 4.69) is 35.6 Å². The van der Waals surface area contributed by atoms with Gasteiger partial charge >= 0.3 is 0 Å². The third kappa shape index (κ3) is 2.43. The number of nitrogens with one attached hydrogen (secondary N) is 1. The van der Waals surface area contributed by atoms with E-state index in [9.17, 15) is 0 Å². The fourth-order valence-corrected chi connectivity index (χ4v) is 5.04. The van der Waals surface area contributed by atoms with E-state index in [0.717, 1.165) is 36.3 Å². The van der Waals surface area contributed by atoms with Crippen LogP contribution in [-0.4, -0.2) is 6.04 Å². The second-order valence-electron chi connectivity index (χ2n) is 6.73. The van der Waals surface area contributed by atoms with Gasteiger partial charge in [0.25, 0.3) is 0 Å². The zero-order valence-electron chi connectivity index (χ0n) is 11.4. The highest BCUT2D eigenvalue weighted by atomic mass is 35.5. The lowest BCUT2D eigenvalue weighted by Gasteiger charge is -2.43. The summed E-state index contributed by atoms with van der Waals surface area (Å²) in [5.41, 5.74) is 1.44. The van der Waals surface area contributed by atoms with Crippen molar-refractivity contribution in [2.24, 2.45) is 23.7 Å². The summed E-state index contributed by atoms with van der Waals surface area (Å²) in [6, 6.07) is 11.7. The van der Waals surface area contributed by atoms with Crippen molar-refractivity contribution in [2.75, 3.05) is 0 Å². The van der Waals surface area contributed by atoms with Gasteiger partial charge in [-0.1, -0.05) is 30.3 Å². The molecule has 0 aliphatic heterocycles. The van der Waals surface area contributed by atoms with Gasteiger partial charge in [0.15, 0.2) is 0 Å². The summed E-state index contributed by atoms with van der Waals surface area (Å²) in [6.07, 6.45) is 7.59. The zero-order chi connectivity index (χ0) is 11.9. The molecule has 4 rings (SSSR count). The molecule has 0 saturated heterocycles. The van der Waals surface area contributed by atoms with Gasteiger partial charge < -0.3 is 5.32 Å². The smallest absolute Gasteiger partial charge is 0.0208 e. The molecule has 3 aliphatic rings. The van der Waals surface area contributed by atoms with Gasteiger partial charge in [-0.05, 0) is 61.3 Å². The molecule has 0 amide bonds. The standard InChI is InChI=1S/C17H23N.ClH/c1-2-4-12(5-3-1)11-18-17-15-7-6-14-8-13(9-15)10-16(14)17;/h1-5,13-18H,6-11H2;1H. The molecule has 104 valence electrons. The first-order valence-corrected chi connectivity index (χ1v) is 7.67. The Morgan fingerprint density at radius 1 is 0.947 bits per heavy atom. The summed E-state index contributed by atoms with van der Waals surface area (Å²) >= 11 is 0. The Hall–Kier alpha value is -0.530. The topological polar surface area (TPSA) is 12.0 Å². The molecule has 0 aromatic heterocycles. The van der Waals surface area contributed by atoms with Crippen LogP contribution in [0.15, 0.2) is 30.3 Å². The number of benzene rings is 1. The molecule has 1 aromatic rings. The largest absolute Gasteiger partial charge is 0.309 e. The molecule has 3 saturated carbocycles. The molecular formula is C17H24ClN. The van der Waals surface area contributed by atoms with Crippen LogP contribution in [0.3, 0.4) is 0 Å². The predicted molar refractivity (Wildman–Crippen MR) is 81.4 cm³/mol. The Kier molecular flexibility index (Phi) is 3.86. The van der Waals surface area contributed by atoms with Crippen LogP contribution in [0, 0.1) is 23.7 Å². The number of rotatable bonds is 3. The molecule has 1 nitrogen and oxygen atoms in total. The van der Waals surface area contributed by atoms with Gasteiger partial charge in [-0.15, -0.1) is 12.4 Å². The molecule has 0 heterocycles. The molecule has 3 aliphatic carbocycles. The Labute approximate surface area is 122 Å². The minimum atomic E-state index is 0. The van der Waals surface area contributed by atoms with Crippen LogP contribution in [0.5, 0.6) is 0 Å². The summed E-state index contributed by atoms with van der Waals surface area (Å²) in [4.78, 5) is 0. The average Bonchev–Trinajstić information content (AvgIpc) is 2.62. The Bertz CT molecular complexity index is 419. The molecule has 1 aromatic carbocycles. The van der Waals surface area contributed by atoms with E-state index in [1.165, 1.54) is 31.2 Å². The van der Waals surface area contributed by atoms with Crippen molar-refractivity contribution >= 4 is 12.4 Å². The van der Waals surface area contributed by atoms with Crippen LogP contribution >= 0.6 is 12.4 Å². The quantitative estimate of drug-likeness (QED) is 0.880. The van der Waals surface area contributed by atoms with Crippen molar-refractivity contribution in [3.8, 4) is 0 Å². The van der Waals surface area contributed by atoms with Crippen molar-refractivity contribution in [1.29, 1.82) is 0 Å². The van der Waals surface area contributed by atoms with Gasteiger partial charge in [0, 0.05) is 12.6 Å². The van der Waals surface area contributed by atoms with E-state index in [-0.39, 0.29) is 12.4 Å². The molecule has 1 N–H and O–H groups in total. The maximum atomic E-state index is 3.90. The third-order valence-corrected chi connectivity index (χ3v) is 5.75. The van der Waals surface area contributed by atoms with E-state index in [4.69, 9.17) is 0 Å². The van der Waals surface area contributed by atoms with Gasteiger partial charge in [-0.3, -0.25) is 0 Å². The zero-order valence-corrected chi connectivity index (χ0v) is 12.2. The monoisotopic (exact) mass is 277 g/mol. The van der Waals surface area contributed by atoms with Crippen molar-refractivity contribution in [2.45, 2.75) is 44.7 Å². The molecule has 19 heavy (non-hydrogen) atoms. The summed E-state index contributed by atoms with van der Waals surface area (Å²) < 4.78 is 0. The van der Waals surface area contributed by atoms with Crippen molar-refractivity contribution in [3.63, 3.8) is 0 Å². The van der Waals surface area contributed by atoms with Crippen molar-refractivity contribution < 1.29 is 0 Å². The molecule has 0 radical (unpaired) electrons. The van der Waals surface area contributed by atoms with E-state index in [1.807, 2.05) is 0 Å². The molecule has 3 bridgehead atoms. The fraction of sp³-hybridized carbons (Fsp3) is 0.647. The van der Waals surface area contributed by atoms with Crippen LogP contribution in [-0.2, 0) is 6.54 Å². The molecule has 5 atom stereocenters. The Morgan fingerprint density at radius 2 is 1.68 bits per heavy atom. The van der Waals surface area contributed by atoms with Crippen LogP contribution in [0.2, 0.25) is 0 Å². The summed E-state index contributed by atoms with van der Waals surface area (Å²) in [6.45, 7) is 1.07. The Morgan fingerprint density at radius 3 is 2.53 bits per heavy atom. The molecule has 5 unspecified atom stereocenters. The van der Waals surface area contributed by atoms with E-state index in [1.54, 1.807) is 6.42 Å². The lowest BCUT2D eigenvalue weighted by molar-refractivity contribution is 0.111. The first-order valence-electron chi connectivity index (χ1n) is 7.67. The van der Waals surface area contributed by atoms with Gasteiger partial charge in [0.2, 0.25) is 0 Å². The first-order chi connectivity index (χ1) is 8.90. The third-order valence-electron chi connectivity index (χ3n) is 5.75. The second-order valence-corrected chi connectivity index (χ2v) is 6.73. The summed E-state index contributed by atoms with van der Waals surface area (Å²) in [5, 5.41) is 3.90. The van der Waals surface area contributed by atoms with Crippen LogP contribution in [0.25, 0.3) is 0 Å². The number of halogens is 1. The van der Waals surface area contributed by atoms with Gasteiger partial charge in [0.05, 0.1) is 0 Å². The van der Waals surface area contributed by atoms with Crippen LogP contribution in [0.1, 0.15) is 37.7 Å². The lowest BCUT2D eigenvalue weighted by Crippen LogP contribution is -2.48. The maximum absolute atomic E-state index is 3.90. The minimum absolute atomic E-state index is 0. The van der Waals surface area contributed by atoms with Gasteiger partial charge in [-0.25, -0.2) is 0 Å². The predicted octanol–water partition coefficient (Wildman–Crippen LogP) is 4.02. The Balaban J connectivity index is 0.00000110. The highest BCUT2D eigenvalue weighted by molar-refractivity contribution is 5.85.